The van der Waals surface area contributed by atoms with Crippen LogP contribution in [0.2, 0.25) is 0 Å². The van der Waals surface area contributed by atoms with Crippen LogP contribution in [0.3, 0.4) is 0 Å². The fraction of sp³-hybridized carbons (Fsp3) is 1.00. The summed E-state index contributed by atoms with van der Waals surface area (Å²) in [6.45, 7) is 8.14. The second-order valence-corrected chi connectivity index (χ2v) is 5.27. The van der Waals surface area contributed by atoms with Crippen LogP contribution in [0.15, 0.2) is 0 Å². The van der Waals surface area contributed by atoms with Gasteiger partial charge >= 0.3 is 0 Å². The van der Waals surface area contributed by atoms with Crippen molar-refractivity contribution in [3.63, 3.8) is 0 Å². The normalized spacial score (nSPS) is 32.2. The highest BCUT2D eigenvalue weighted by Gasteiger charge is 2.46. The molecule has 1 aliphatic heterocycles. The summed E-state index contributed by atoms with van der Waals surface area (Å²) < 4.78 is 12.7. The van der Waals surface area contributed by atoms with Gasteiger partial charge in [0, 0.05) is 4.43 Å². The first-order valence-electron chi connectivity index (χ1n) is 4.31. The SMILES string of the molecule is CC1(C)OC(CCI)C(C)(C)O1. The van der Waals surface area contributed by atoms with Crippen LogP contribution in [0.1, 0.15) is 34.1 Å². The third-order valence-corrected chi connectivity index (χ3v) is 2.70. The molecule has 12 heavy (non-hydrogen) atoms. The average Bonchev–Trinajstić information content (AvgIpc) is 2.01. The molecule has 0 spiro atoms. The van der Waals surface area contributed by atoms with E-state index in [4.69, 9.17) is 9.47 Å². The Bertz CT molecular complexity index is 166. The molecule has 0 saturated carbocycles. The monoisotopic (exact) mass is 284 g/mol. The summed E-state index contributed by atoms with van der Waals surface area (Å²) in [5.74, 6) is -0.403. The van der Waals surface area contributed by atoms with E-state index in [0.717, 1.165) is 10.8 Å². The van der Waals surface area contributed by atoms with Crippen molar-refractivity contribution in [2.24, 2.45) is 0 Å². The summed E-state index contributed by atoms with van der Waals surface area (Å²) in [6, 6.07) is 0. The quantitative estimate of drug-likeness (QED) is 0.573. The number of ether oxygens (including phenoxy) is 2. The van der Waals surface area contributed by atoms with Gasteiger partial charge < -0.3 is 9.47 Å². The number of halogens is 1. The number of rotatable bonds is 2. The van der Waals surface area contributed by atoms with Crippen molar-refractivity contribution in [3.05, 3.63) is 0 Å². The van der Waals surface area contributed by atoms with Gasteiger partial charge in [-0.15, -0.1) is 0 Å². The Kier molecular flexibility index (Phi) is 3.06. The van der Waals surface area contributed by atoms with Gasteiger partial charge in [-0.25, -0.2) is 0 Å². The highest BCUT2D eigenvalue weighted by molar-refractivity contribution is 14.1. The molecule has 1 rings (SSSR count). The van der Waals surface area contributed by atoms with Crippen molar-refractivity contribution in [2.75, 3.05) is 4.43 Å². The highest BCUT2D eigenvalue weighted by atomic mass is 127. The maximum atomic E-state index is 5.78. The van der Waals surface area contributed by atoms with Gasteiger partial charge in [-0.05, 0) is 34.1 Å². The van der Waals surface area contributed by atoms with Gasteiger partial charge in [0.25, 0.3) is 0 Å². The van der Waals surface area contributed by atoms with Crippen LogP contribution in [0.25, 0.3) is 0 Å². The molecule has 0 aromatic carbocycles. The second kappa shape index (κ2) is 3.42. The Morgan fingerprint density at radius 2 is 1.83 bits per heavy atom. The molecule has 0 aromatic rings. The lowest BCUT2D eigenvalue weighted by Gasteiger charge is -2.23. The third kappa shape index (κ3) is 2.33. The van der Waals surface area contributed by atoms with Gasteiger partial charge in [0.2, 0.25) is 0 Å². The van der Waals surface area contributed by atoms with Crippen molar-refractivity contribution in [3.8, 4) is 0 Å². The van der Waals surface area contributed by atoms with Crippen molar-refractivity contribution in [1.82, 2.24) is 0 Å². The zero-order chi connectivity index (χ0) is 9.41. The second-order valence-electron chi connectivity index (χ2n) is 4.19. The van der Waals surface area contributed by atoms with Crippen molar-refractivity contribution < 1.29 is 9.47 Å². The highest BCUT2D eigenvalue weighted by Crippen LogP contribution is 2.37. The Balaban J connectivity index is 2.64. The summed E-state index contributed by atoms with van der Waals surface area (Å²) >= 11 is 2.37. The van der Waals surface area contributed by atoms with E-state index in [1.54, 1.807) is 0 Å². The lowest BCUT2D eigenvalue weighted by molar-refractivity contribution is -0.157. The predicted octanol–water partition coefficient (Wildman–Crippen LogP) is 2.74. The van der Waals surface area contributed by atoms with Crippen LogP contribution >= 0.6 is 22.6 Å². The maximum Gasteiger partial charge on any atom is 0.164 e. The Hall–Kier alpha value is 0.650. The molecule has 0 amide bonds. The number of hydrogen-bond donors (Lipinski definition) is 0. The van der Waals surface area contributed by atoms with Crippen LogP contribution in [0.4, 0.5) is 0 Å². The van der Waals surface area contributed by atoms with Gasteiger partial charge in [0.1, 0.15) is 0 Å². The van der Waals surface area contributed by atoms with Crippen molar-refractivity contribution in [2.45, 2.75) is 51.6 Å². The van der Waals surface area contributed by atoms with E-state index in [9.17, 15) is 0 Å². The van der Waals surface area contributed by atoms with E-state index in [1.807, 2.05) is 13.8 Å². The molecule has 1 saturated heterocycles. The zero-order valence-corrected chi connectivity index (χ0v) is 10.3. The van der Waals surface area contributed by atoms with Crippen LogP contribution in [0.5, 0.6) is 0 Å². The molecule has 3 heteroatoms. The van der Waals surface area contributed by atoms with Gasteiger partial charge in [-0.3, -0.25) is 0 Å². The molecule has 1 aliphatic rings. The smallest absolute Gasteiger partial charge is 0.164 e. The summed E-state index contributed by atoms with van der Waals surface area (Å²) in [6.07, 6.45) is 1.31. The maximum absolute atomic E-state index is 5.78. The van der Waals surface area contributed by atoms with Gasteiger partial charge in [-0.2, -0.15) is 0 Å². The minimum absolute atomic E-state index is 0.130. The molecular formula is C9H17IO2. The first kappa shape index (κ1) is 10.7. The first-order chi connectivity index (χ1) is 5.37. The predicted molar refractivity (Wildman–Crippen MR) is 57.6 cm³/mol. The van der Waals surface area contributed by atoms with Crippen LogP contribution in [0, 0.1) is 0 Å². The fourth-order valence-electron chi connectivity index (χ4n) is 1.71. The lowest BCUT2D eigenvalue weighted by Crippen LogP contribution is -2.33. The number of hydrogen-bond acceptors (Lipinski definition) is 2. The van der Waals surface area contributed by atoms with E-state index >= 15 is 0 Å². The minimum Gasteiger partial charge on any atom is -0.344 e. The molecular weight excluding hydrogens is 267 g/mol. The Morgan fingerprint density at radius 3 is 2.17 bits per heavy atom. The molecule has 1 heterocycles. The Labute approximate surface area is 88.1 Å². The van der Waals surface area contributed by atoms with Gasteiger partial charge in [-0.1, -0.05) is 22.6 Å². The molecule has 0 aliphatic carbocycles. The molecule has 1 unspecified atom stereocenters. The fourth-order valence-corrected chi connectivity index (χ4v) is 2.28. The van der Waals surface area contributed by atoms with E-state index < -0.39 is 5.79 Å². The van der Waals surface area contributed by atoms with Crippen LogP contribution < -0.4 is 0 Å². The summed E-state index contributed by atoms with van der Waals surface area (Å²) in [5, 5.41) is 0. The minimum atomic E-state index is -0.403. The van der Waals surface area contributed by atoms with Crippen molar-refractivity contribution in [1.29, 1.82) is 0 Å². The molecule has 2 nitrogen and oxygen atoms in total. The molecule has 1 atom stereocenters. The van der Waals surface area contributed by atoms with E-state index in [-0.39, 0.29) is 11.7 Å². The molecule has 72 valence electrons. The van der Waals surface area contributed by atoms with Crippen molar-refractivity contribution >= 4 is 22.6 Å². The molecule has 0 bridgehead atoms. The van der Waals surface area contributed by atoms with E-state index in [2.05, 4.69) is 36.4 Å². The molecule has 0 aromatic heterocycles. The van der Waals surface area contributed by atoms with E-state index in [0.29, 0.717) is 0 Å². The third-order valence-electron chi connectivity index (χ3n) is 2.08. The topological polar surface area (TPSA) is 18.5 Å². The first-order valence-corrected chi connectivity index (χ1v) is 5.84. The number of alkyl halides is 1. The average molecular weight is 284 g/mol. The van der Waals surface area contributed by atoms with Gasteiger partial charge in [0.15, 0.2) is 5.79 Å². The standard InChI is InChI=1S/C9H17IO2/c1-8(2)7(5-6-10)11-9(3,4)12-8/h7H,5-6H2,1-4H3. The van der Waals surface area contributed by atoms with Crippen LogP contribution in [-0.2, 0) is 9.47 Å². The summed E-state index contributed by atoms with van der Waals surface area (Å²) in [5.41, 5.74) is -0.130. The lowest BCUT2D eigenvalue weighted by atomic mass is 10.0. The van der Waals surface area contributed by atoms with Gasteiger partial charge in [0.05, 0.1) is 11.7 Å². The summed E-state index contributed by atoms with van der Waals surface area (Å²) in [4.78, 5) is 0. The largest absolute Gasteiger partial charge is 0.344 e. The van der Waals surface area contributed by atoms with Crippen LogP contribution in [-0.4, -0.2) is 21.9 Å². The molecule has 1 fully saturated rings. The molecule has 0 radical (unpaired) electrons. The Morgan fingerprint density at radius 1 is 1.25 bits per heavy atom. The zero-order valence-electron chi connectivity index (χ0n) is 8.19. The van der Waals surface area contributed by atoms with E-state index in [1.165, 1.54) is 0 Å². The summed E-state index contributed by atoms with van der Waals surface area (Å²) in [7, 11) is 0. The molecule has 0 N–H and O–H groups in total.